The highest BCUT2D eigenvalue weighted by Crippen LogP contribution is 2.33. The van der Waals surface area contributed by atoms with E-state index in [-0.39, 0.29) is 22.1 Å². The van der Waals surface area contributed by atoms with E-state index in [1.807, 2.05) is 6.92 Å². The van der Waals surface area contributed by atoms with Crippen LogP contribution in [-0.2, 0) is 27.1 Å². The van der Waals surface area contributed by atoms with Crippen LogP contribution in [0.3, 0.4) is 0 Å². The maximum Gasteiger partial charge on any atom is 0.243 e. The summed E-state index contributed by atoms with van der Waals surface area (Å²) in [6.45, 7) is 3.79. The number of fused-ring (bicyclic) bond motifs is 1. The Kier molecular flexibility index (Phi) is 7.73. The van der Waals surface area contributed by atoms with Gasteiger partial charge in [0.15, 0.2) is 28.4 Å². The zero-order valence-electron chi connectivity index (χ0n) is 20.5. The predicted octanol–water partition coefficient (Wildman–Crippen LogP) is 5.62. The van der Waals surface area contributed by atoms with E-state index in [1.165, 1.54) is 16.4 Å². The second-order valence-electron chi connectivity index (χ2n) is 9.74. The van der Waals surface area contributed by atoms with Gasteiger partial charge in [0.1, 0.15) is 0 Å². The molecule has 2 atom stereocenters. The van der Waals surface area contributed by atoms with Gasteiger partial charge in [-0.2, -0.15) is 4.31 Å². The first kappa shape index (κ1) is 27.4. The molecule has 2 fully saturated rings. The second kappa shape index (κ2) is 10.7. The molecular weight excluding hydrogens is 549 g/mol. The molecule has 0 radical (unpaired) electrons. The maximum absolute atomic E-state index is 14.3. The molecule has 0 bridgehead atoms. The SMILES string of the molecule is C[C@@H]1CCCN(S(=O)(=O)c2ccc3c(c2)nc(SCc2c(F)c(F)c(F)c(F)c2F)n3C[C@@H]2CCCO2)C1. The minimum Gasteiger partial charge on any atom is -0.376 e. The molecule has 3 heterocycles. The molecule has 2 aliphatic rings. The molecule has 6 nitrogen and oxygen atoms in total. The number of hydrogen-bond acceptors (Lipinski definition) is 5. The highest BCUT2D eigenvalue weighted by molar-refractivity contribution is 7.98. The van der Waals surface area contributed by atoms with Crippen LogP contribution < -0.4 is 0 Å². The second-order valence-corrected chi connectivity index (χ2v) is 12.6. The molecule has 3 aromatic rings. The van der Waals surface area contributed by atoms with E-state index in [0.717, 1.165) is 37.4 Å². The molecule has 1 aromatic heterocycles. The van der Waals surface area contributed by atoms with Crippen molar-refractivity contribution in [2.24, 2.45) is 5.92 Å². The van der Waals surface area contributed by atoms with E-state index in [1.54, 1.807) is 10.6 Å². The molecular formula is C25H26F5N3O3S2. The Labute approximate surface area is 221 Å². The minimum atomic E-state index is -3.76. The number of piperidine rings is 1. The Hall–Kier alpha value is -2.22. The fraction of sp³-hybridized carbons (Fsp3) is 0.480. The summed E-state index contributed by atoms with van der Waals surface area (Å²) < 4.78 is 105. The van der Waals surface area contributed by atoms with Crippen LogP contribution in [0.15, 0.2) is 28.3 Å². The monoisotopic (exact) mass is 575 g/mol. The fourth-order valence-corrected chi connectivity index (χ4v) is 7.59. The number of halogens is 5. The summed E-state index contributed by atoms with van der Waals surface area (Å²) >= 11 is 0.803. The molecule has 2 aliphatic heterocycles. The van der Waals surface area contributed by atoms with E-state index in [2.05, 4.69) is 4.98 Å². The van der Waals surface area contributed by atoms with Gasteiger partial charge in [0.2, 0.25) is 15.8 Å². The molecule has 0 N–H and O–H groups in total. The van der Waals surface area contributed by atoms with E-state index in [4.69, 9.17) is 4.74 Å². The van der Waals surface area contributed by atoms with Crippen molar-refractivity contribution in [2.45, 2.75) is 61.1 Å². The molecule has 206 valence electrons. The van der Waals surface area contributed by atoms with Crippen molar-refractivity contribution < 1.29 is 35.1 Å². The van der Waals surface area contributed by atoms with Gasteiger partial charge in [-0.3, -0.25) is 0 Å². The van der Waals surface area contributed by atoms with Gasteiger partial charge in [-0.15, -0.1) is 0 Å². The van der Waals surface area contributed by atoms with Gasteiger partial charge in [-0.25, -0.2) is 35.4 Å². The van der Waals surface area contributed by atoms with Crippen molar-refractivity contribution >= 4 is 32.8 Å². The Morgan fingerprint density at radius 1 is 1.03 bits per heavy atom. The zero-order chi connectivity index (χ0) is 27.2. The van der Waals surface area contributed by atoms with Gasteiger partial charge in [-0.1, -0.05) is 18.7 Å². The third-order valence-corrected chi connectivity index (χ3v) is 9.86. The lowest BCUT2D eigenvalue weighted by Gasteiger charge is -2.30. The van der Waals surface area contributed by atoms with Crippen LogP contribution in [0.1, 0.15) is 38.2 Å². The molecule has 5 rings (SSSR count). The van der Waals surface area contributed by atoms with Gasteiger partial charge >= 0.3 is 0 Å². The van der Waals surface area contributed by atoms with E-state index in [9.17, 15) is 30.4 Å². The summed E-state index contributed by atoms with van der Waals surface area (Å²) in [4.78, 5) is 4.59. The average molecular weight is 576 g/mol. The number of rotatable bonds is 7. The molecule has 0 amide bonds. The predicted molar refractivity (Wildman–Crippen MR) is 132 cm³/mol. The molecule has 38 heavy (non-hydrogen) atoms. The number of aromatic nitrogens is 2. The zero-order valence-corrected chi connectivity index (χ0v) is 22.2. The van der Waals surface area contributed by atoms with Crippen LogP contribution in [0.25, 0.3) is 11.0 Å². The number of nitrogens with zero attached hydrogens (tertiary/aromatic N) is 3. The van der Waals surface area contributed by atoms with Gasteiger partial charge in [0.05, 0.1) is 28.6 Å². The van der Waals surface area contributed by atoms with Crippen molar-refractivity contribution in [2.75, 3.05) is 19.7 Å². The number of sulfonamides is 1. The lowest BCUT2D eigenvalue weighted by atomic mass is 10.0. The number of thioether (sulfide) groups is 1. The fourth-order valence-electron chi connectivity index (χ4n) is 4.95. The van der Waals surface area contributed by atoms with Crippen LogP contribution in [0.5, 0.6) is 0 Å². The number of benzene rings is 2. The lowest BCUT2D eigenvalue weighted by molar-refractivity contribution is 0.0960. The Morgan fingerprint density at radius 3 is 2.39 bits per heavy atom. The van der Waals surface area contributed by atoms with Crippen LogP contribution in [0.2, 0.25) is 0 Å². The molecule has 0 unspecified atom stereocenters. The Morgan fingerprint density at radius 2 is 1.74 bits per heavy atom. The van der Waals surface area contributed by atoms with Crippen molar-refractivity contribution in [1.82, 2.24) is 13.9 Å². The topological polar surface area (TPSA) is 64.4 Å². The van der Waals surface area contributed by atoms with Crippen LogP contribution in [-0.4, -0.2) is 48.1 Å². The average Bonchev–Trinajstić information content (AvgIpc) is 3.54. The lowest BCUT2D eigenvalue weighted by Crippen LogP contribution is -2.39. The number of ether oxygens (including phenoxy) is 1. The first-order valence-corrected chi connectivity index (χ1v) is 14.8. The summed E-state index contributed by atoms with van der Waals surface area (Å²) in [6, 6.07) is 4.58. The summed E-state index contributed by atoms with van der Waals surface area (Å²) in [7, 11) is -3.76. The van der Waals surface area contributed by atoms with Crippen LogP contribution in [0, 0.1) is 35.0 Å². The van der Waals surface area contributed by atoms with Gasteiger partial charge in [0, 0.05) is 31.0 Å². The quantitative estimate of drug-likeness (QED) is 0.158. The summed E-state index contributed by atoms with van der Waals surface area (Å²) in [5.74, 6) is -10.3. The largest absolute Gasteiger partial charge is 0.376 e. The van der Waals surface area contributed by atoms with Crippen LogP contribution >= 0.6 is 11.8 Å². The Bertz CT molecular complexity index is 1450. The molecule has 0 saturated carbocycles. The van der Waals surface area contributed by atoms with E-state index in [0.29, 0.717) is 37.3 Å². The van der Waals surface area contributed by atoms with Gasteiger partial charge in [-0.05, 0) is 49.8 Å². The molecule has 0 aliphatic carbocycles. The number of imidazole rings is 1. The van der Waals surface area contributed by atoms with Gasteiger partial charge < -0.3 is 9.30 Å². The van der Waals surface area contributed by atoms with E-state index >= 15 is 0 Å². The highest BCUT2D eigenvalue weighted by atomic mass is 32.2. The normalized spacial score (nSPS) is 21.0. The smallest absolute Gasteiger partial charge is 0.243 e. The van der Waals surface area contributed by atoms with Crippen molar-refractivity contribution in [3.63, 3.8) is 0 Å². The summed E-state index contributed by atoms with van der Waals surface area (Å²) in [5.41, 5.74) is -0.0370. The molecule has 2 aromatic carbocycles. The molecule has 0 spiro atoms. The standard InChI is InChI=1S/C25H26F5N3O3S2/c1-14-4-2-8-32(11-14)38(34,35)16-6-7-19-18(10-16)31-25(33(19)12-15-5-3-9-36-15)37-13-17-20(26)22(28)24(30)23(29)21(17)27/h6-7,10,14-15H,2-5,8-9,11-13H2,1H3/t14-,15+/m1/s1. The minimum absolute atomic E-state index is 0.0807. The van der Waals surface area contributed by atoms with Gasteiger partial charge in [0.25, 0.3) is 0 Å². The van der Waals surface area contributed by atoms with Crippen molar-refractivity contribution in [3.8, 4) is 0 Å². The number of hydrogen-bond donors (Lipinski definition) is 0. The third kappa shape index (κ3) is 5.05. The third-order valence-electron chi connectivity index (χ3n) is 7.00. The summed E-state index contributed by atoms with van der Waals surface area (Å²) in [5, 5.41) is 0.251. The molecule has 13 heteroatoms. The maximum atomic E-state index is 14.3. The first-order valence-electron chi connectivity index (χ1n) is 12.3. The summed E-state index contributed by atoms with van der Waals surface area (Å²) in [6.07, 6.45) is 3.22. The van der Waals surface area contributed by atoms with Crippen LogP contribution in [0.4, 0.5) is 22.0 Å². The first-order chi connectivity index (χ1) is 18.1. The molecule has 2 saturated heterocycles. The Balaban J connectivity index is 1.51. The van der Waals surface area contributed by atoms with Crippen molar-refractivity contribution in [1.29, 1.82) is 0 Å². The van der Waals surface area contributed by atoms with E-state index < -0.39 is 50.4 Å². The van der Waals surface area contributed by atoms with Crippen molar-refractivity contribution in [3.05, 3.63) is 52.8 Å². The highest BCUT2D eigenvalue weighted by Gasteiger charge is 2.30.